The van der Waals surface area contributed by atoms with E-state index in [1.807, 2.05) is 6.92 Å². The van der Waals surface area contributed by atoms with Gasteiger partial charge in [-0.05, 0) is 12.5 Å². The first-order chi connectivity index (χ1) is 8.94. The van der Waals surface area contributed by atoms with Crippen LogP contribution in [0.3, 0.4) is 0 Å². The first-order valence-electron chi connectivity index (χ1n) is 6.02. The minimum atomic E-state index is -1.59. The summed E-state index contributed by atoms with van der Waals surface area (Å²) in [6.07, 6.45) is 2.07. The molecule has 0 fully saturated rings. The Morgan fingerprint density at radius 1 is 1.58 bits per heavy atom. The van der Waals surface area contributed by atoms with Crippen molar-refractivity contribution in [2.45, 2.75) is 26.1 Å². The Labute approximate surface area is 115 Å². The van der Waals surface area contributed by atoms with Crippen LogP contribution < -0.4 is 16.2 Å². The van der Waals surface area contributed by atoms with Gasteiger partial charge in [0.25, 0.3) is 5.85 Å². The second-order valence-corrected chi connectivity index (χ2v) is 4.89. The van der Waals surface area contributed by atoms with Crippen LogP contribution in [-0.2, 0) is 4.79 Å². The fourth-order valence-electron chi connectivity index (χ4n) is 1.95. The van der Waals surface area contributed by atoms with E-state index in [-0.39, 0.29) is 11.8 Å². The van der Waals surface area contributed by atoms with Crippen molar-refractivity contribution >= 4 is 17.5 Å². The number of aliphatic hydroxyl groups is 1. The SMILES string of the molecule is CC[C@H](CNC(C)=O)C1(O)N=c2cc(Cl)cnc2=N1. The van der Waals surface area contributed by atoms with E-state index in [0.29, 0.717) is 28.8 Å². The molecule has 2 atom stereocenters. The molecule has 0 saturated heterocycles. The van der Waals surface area contributed by atoms with E-state index in [4.69, 9.17) is 11.6 Å². The number of nitrogens with one attached hydrogen (secondary N) is 1. The lowest BCUT2D eigenvalue weighted by Crippen LogP contribution is -2.41. The molecule has 6 nitrogen and oxygen atoms in total. The van der Waals surface area contributed by atoms with Gasteiger partial charge in [0, 0.05) is 25.6 Å². The minimum Gasteiger partial charge on any atom is -0.356 e. The zero-order chi connectivity index (χ0) is 14.0. The zero-order valence-electron chi connectivity index (χ0n) is 10.7. The third kappa shape index (κ3) is 2.90. The van der Waals surface area contributed by atoms with Crippen LogP contribution in [0.4, 0.5) is 0 Å². The molecule has 2 heterocycles. The van der Waals surface area contributed by atoms with Crippen LogP contribution in [0.2, 0.25) is 5.02 Å². The highest BCUT2D eigenvalue weighted by molar-refractivity contribution is 6.30. The van der Waals surface area contributed by atoms with Gasteiger partial charge in [0.2, 0.25) is 5.91 Å². The third-order valence-corrected chi connectivity index (χ3v) is 3.21. The molecule has 1 unspecified atom stereocenters. The van der Waals surface area contributed by atoms with Crippen LogP contribution in [0.5, 0.6) is 0 Å². The van der Waals surface area contributed by atoms with E-state index in [1.165, 1.54) is 13.1 Å². The fourth-order valence-corrected chi connectivity index (χ4v) is 2.10. The molecule has 0 saturated carbocycles. The van der Waals surface area contributed by atoms with Crippen LogP contribution in [0.25, 0.3) is 0 Å². The smallest absolute Gasteiger partial charge is 0.261 e. The Hall–Kier alpha value is -1.53. The molecule has 2 rings (SSSR count). The summed E-state index contributed by atoms with van der Waals surface area (Å²) in [5.41, 5.74) is 0.369. The van der Waals surface area contributed by atoms with E-state index >= 15 is 0 Å². The highest BCUT2D eigenvalue weighted by Gasteiger charge is 2.37. The van der Waals surface area contributed by atoms with Gasteiger partial charge in [-0.25, -0.2) is 15.0 Å². The van der Waals surface area contributed by atoms with Crippen molar-refractivity contribution in [1.29, 1.82) is 0 Å². The maximum atomic E-state index is 11.0. The number of hydrogen-bond acceptors (Lipinski definition) is 5. The molecule has 0 aliphatic carbocycles. The summed E-state index contributed by atoms with van der Waals surface area (Å²) in [7, 11) is 0. The summed E-state index contributed by atoms with van der Waals surface area (Å²) >= 11 is 5.83. The predicted octanol–water partition coefficient (Wildman–Crippen LogP) is -0.204. The number of pyridine rings is 1. The summed E-state index contributed by atoms with van der Waals surface area (Å²) in [5.74, 6) is -2.06. The van der Waals surface area contributed by atoms with Crippen molar-refractivity contribution in [1.82, 2.24) is 10.3 Å². The van der Waals surface area contributed by atoms with Crippen molar-refractivity contribution in [2.75, 3.05) is 6.54 Å². The van der Waals surface area contributed by atoms with Crippen LogP contribution in [-0.4, -0.2) is 28.4 Å². The van der Waals surface area contributed by atoms with Gasteiger partial charge < -0.3 is 10.4 Å². The molecule has 1 amide bonds. The molecular weight excluding hydrogens is 268 g/mol. The lowest BCUT2D eigenvalue weighted by Gasteiger charge is -2.26. The lowest BCUT2D eigenvalue weighted by atomic mass is 10.0. The van der Waals surface area contributed by atoms with Crippen molar-refractivity contribution in [2.24, 2.45) is 15.9 Å². The first-order valence-corrected chi connectivity index (χ1v) is 6.40. The third-order valence-electron chi connectivity index (χ3n) is 3.01. The summed E-state index contributed by atoms with van der Waals surface area (Å²) < 4.78 is 0. The molecule has 102 valence electrons. The van der Waals surface area contributed by atoms with Crippen LogP contribution >= 0.6 is 11.6 Å². The number of carbonyl (C=O) groups excluding carboxylic acids is 1. The molecule has 0 spiro atoms. The van der Waals surface area contributed by atoms with Gasteiger partial charge in [0.15, 0.2) is 5.49 Å². The number of rotatable bonds is 4. The molecule has 1 aliphatic heterocycles. The molecule has 1 aromatic heterocycles. The minimum absolute atomic E-state index is 0.154. The van der Waals surface area contributed by atoms with E-state index in [1.54, 1.807) is 6.07 Å². The summed E-state index contributed by atoms with van der Waals surface area (Å²) in [4.78, 5) is 23.3. The molecule has 1 aliphatic rings. The lowest BCUT2D eigenvalue weighted by molar-refractivity contribution is -0.119. The second-order valence-electron chi connectivity index (χ2n) is 4.45. The van der Waals surface area contributed by atoms with Gasteiger partial charge in [-0.1, -0.05) is 18.5 Å². The average molecular weight is 283 g/mol. The highest BCUT2D eigenvalue weighted by Crippen LogP contribution is 2.24. The molecular formula is C12H15ClN4O2. The number of halogens is 1. The molecule has 0 bridgehead atoms. The molecule has 19 heavy (non-hydrogen) atoms. The molecule has 0 aromatic carbocycles. The van der Waals surface area contributed by atoms with Gasteiger partial charge in [-0.3, -0.25) is 4.79 Å². The number of fused-ring (bicyclic) bond motifs is 1. The number of nitrogens with zero attached hydrogens (tertiary/aromatic N) is 3. The van der Waals surface area contributed by atoms with E-state index in [2.05, 4.69) is 20.3 Å². The average Bonchev–Trinajstić information content (AvgIpc) is 2.65. The van der Waals surface area contributed by atoms with Gasteiger partial charge >= 0.3 is 0 Å². The van der Waals surface area contributed by atoms with Gasteiger partial charge in [-0.2, -0.15) is 0 Å². The Kier molecular flexibility index (Phi) is 3.82. The van der Waals surface area contributed by atoms with E-state index in [0.717, 1.165) is 0 Å². The Balaban J connectivity index is 2.31. The van der Waals surface area contributed by atoms with E-state index in [9.17, 15) is 9.90 Å². The standard InChI is InChI=1S/C12H15ClN4O2/c1-3-8(5-14-7(2)18)12(19)16-10-4-9(13)6-15-11(10)17-12/h4,6,8,19H,3,5H2,1-2H3,(H,14,18)/t8-,12?/m1/s1. The molecule has 2 N–H and O–H groups in total. The number of amides is 1. The molecule has 1 aromatic rings. The van der Waals surface area contributed by atoms with Gasteiger partial charge in [-0.15, -0.1) is 0 Å². The van der Waals surface area contributed by atoms with Crippen molar-refractivity contribution in [3.05, 3.63) is 28.1 Å². The fraction of sp³-hybridized carbons (Fsp3) is 0.500. The van der Waals surface area contributed by atoms with Crippen molar-refractivity contribution in [3.8, 4) is 0 Å². The zero-order valence-corrected chi connectivity index (χ0v) is 11.5. The summed E-state index contributed by atoms with van der Waals surface area (Å²) in [6, 6.07) is 1.61. The number of carbonyl (C=O) groups is 1. The van der Waals surface area contributed by atoms with Gasteiger partial charge in [0.1, 0.15) is 5.36 Å². The summed E-state index contributed by atoms with van der Waals surface area (Å²) in [6.45, 7) is 3.63. The van der Waals surface area contributed by atoms with Gasteiger partial charge in [0.05, 0.1) is 5.02 Å². The first kappa shape index (κ1) is 13.9. The van der Waals surface area contributed by atoms with Crippen molar-refractivity contribution in [3.63, 3.8) is 0 Å². The molecule has 0 radical (unpaired) electrons. The maximum Gasteiger partial charge on any atom is 0.261 e. The normalized spacial score (nSPS) is 22.1. The maximum absolute atomic E-state index is 11.0. The monoisotopic (exact) mass is 282 g/mol. The van der Waals surface area contributed by atoms with Crippen molar-refractivity contribution < 1.29 is 9.90 Å². The predicted molar refractivity (Wildman–Crippen MR) is 69.0 cm³/mol. The number of aromatic nitrogens is 1. The van der Waals surface area contributed by atoms with E-state index < -0.39 is 5.85 Å². The Bertz CT molecular complexity index is 619. The van der Waals surface area contributed by atoms with Crippen LogP contribution in [0.1, 0.15) is 20.3 Å². The second kappa shape index (κ2) is 5.22. The highest BCUT2D eigenvalue weighted by atomic mass is 35.5. The van der Waals surface area contributed by atoms with Crippen LogP contribution in [0, 0.1) is 5.92 Å². The quantitative estimate of drug-likeness (QED) is 0.801. The summed E-state index contributed by atoms with van der Waals surface area (Å²) in [5, 5.41) is 14.1. The largest absolute Gasteiger partial charge is 0.356 e. The Morgan fingerprint density at radius 3 is 2.95 bits per heavy atom. The Morgan fingerprint density at radius 2 is 2.32 bits per heavy atom. The van der Waals surface area contributed by atoms with Crippen LogP contribution in [0.15, 0.2) is 22.2 Å². The molecule has 7 heteroatoms. The topological polar surface area (TPSA) is 86.9 Å². The number of hydrogen-bond donors (Lipinski definition) is 2.